The van der Waals surface area contributed by atoms with Gasteiger partial charge >= 0.3 is 0 Å². The van der Waals surface area contributed by atoms with Crippen LogP contribution in [0.15, 0.2) is 4.99 Å². The first kappa shape index (κ1) is 9.54. The number of thioether (sulfide) groups is 1. The molecule has 1 saturated heterocycles. The molecule has 67 valence electrons. The van der Waals surface area contributed by atoms with Gasteiger partial charge in [-0.2, -0.15) is 10.9 Å². The summed E-state index contributed by atoms with van der Waals surface area (Å²) >= 11 is 1.57. The van der Waals surface area contributed by atoms with Crippen LogP contribution >= 0.6 is 11.8 Å². The second-order valence-electron chi connectivity index (χ2n) is 2.56. The maximum atomic E-state index is 10.6. The Bertz CT molecular complexity index is 205. The highest BCUT2D eigenvalue weighted by molar-refractivity contribution is 8.14. The Morgan fingerprint density at radius 1 is 1.83 bits per heavy atom. The molecule has 0 aliphatic carbocycles. The highest BCUT2D eigenvalue weighted by atomic mass is 32.2. The zero-order chi connectivity index (χ0) is 8.97. The molecule has 1 radical (unpaired) electrons. The lowest BCUT2D eigenvalue weighted by molar-refractivity contribution is -0.115. The van der Waals surface area contributed by atoms with Gasteiger partial charge in [0.05, 0.1) is 5.37 Å². The van der Waals surface area contributed by atoms with Crippen molar-refractivity contribution in [2.75, 3.05) is 6.54 Å². The molecule has 1 rings (SSSR count). The number of aliphatic imine (C=N–C) groups is 1. The van der Waals surface area contributed by atoms with Gasteiger partial charge in [0.1, 0.15) is 6.54 Å². The van der Waals surface area contributed by atoms with Gasteiger partial charge in [-0.15, -0.1) is 0 Å². The van der Waals surface area contributed by atoms with E-state index < -0.39 is 0 Å². The predicted molar refractivity (Wildman–Crippen MR) is 49.9 cm³/mol. The molecule has 1 fully saturated rings. The fourth-order valence-corrected chi connectivity index (χ4v) is 1.50. The van der Waals surface area contributed by atoms with Crippen LogP contribution in [0.4, 0.5) is 0 Å². The minimum Gasteiger partial charge on any atom is -0.298 e. The van der Waals surface area contributed by atoms with E-state index in [1.54, 1.807) is 11.8 Å². The third-order valence-electron chi connectivity index (χ3n) is 1.36. The second-order valence-corrected chi connectivity index (χ2v) is 3.73. The smallest absolute Gasteiger partial charge is 0.198 e. The minimum absolute atomic E-state index is 0.0678. The second kappa shape index (κ2) is 4.47. The van der Waals surface area contributed by atoms with Crippen molar-refractivity contribution in [1.29, 1.82) is 0 Å². The molecule has 0 amide bonds. The van der Waals surface area contributed by atoms with Crippen LogP contribution in [0.2, 0.25) is 0 Å². The molecule has 0 aromatic rings. The van der Waals surface area contributed by atoms with Crippen LogP contribution in [0.3, 0.4) is 0 Å². The van der Waals surface area contributed by atoms with Gasteiger partial charge in [0.15, 0.2) is 11.0 Å². The zero-order valence-electron chi connectivity index (χ0n) is 7.20. The number of ketones is 1. The molecule has 1 unspecified atom stereocenters. The summed E-state index contributed by atoms with van der Waals surface area (Å²) in [6, 6.07) is 0. The zero-order valence-corrected chi connectivity index (χ0v) is 8.02. The third kappa shape index (κ3) is 2.83. The summed E-state index contributed by atoms with van der Waals surface area (Å²) in [4.78, 5) is 14.6. The number of hydrogen-bond donors (Lipinski definition) is 1. The molecule has 4 nitrogen and oxygen atoms in total. The molecular formula is C7H12N3OS. The number of nitrogens with one attached hydrogen (secondary N) is 1. The highest BCUT2D eigenvalue weighted by Gasteiger charge is 2.19. The lowest BCUT2D eigenvalue weighted by atomic mass is 10.5. The summed E-state index contributed by atoms with van der Waals surface area (Å²) in [6.07, 6.45) is 1.01. The molecule has 1 atom stereocenters. The van der Waals surface area contributed by atoms with Crippen LogP contribution in [0.25, 0.3) is 0 Å². The number of hydrogen-bond acceptors (Lipinski definition) is 4. The van der Waals surface area contributed by atoms with E-state index in [0.29, 0.717) is 10.5 Å². The fraction of sp³-hybridized carbons (Fsp3) is 0.714. The van der Waals surface area contributed by atoms with Gasteiger partial charge < -0.3 is 0 Å². The maximum absolute atomic E-state index is 10.6. The molecule has 1 heterocycles. The SMILES string of the molecule is CCC1N[N]C(=NCC(C)=O)S1. The average molecular weight is 186 g/mol. The van der Waals surface area contributed by atoms with Crippen molar-refractivity contribution in [2.45, 2.75) is 25.6 Å². The van der Waals surface area contributed by atoms with Gasteiger partial charge in [-0.3, -0.25) is 9.79 Å². The third-order valence-corrected chi connectivity index (χ3v) is 2.51. The van der Waals surface area contributed by atoms with Crippen LogP contribution in [-0.2, 0) is 4.79 Å². The molecule has 1 aliphatic rings. The van der Waals surface area contributed by atoms with E-state index in [4.69, 9.17) is 0 Å². The summed E-state index contributed by atoms with van der Waals surface area (Å²) in [7, 11) is 0. The Morgan fingerprint density at radius 2 is 2.58 bits per heavy atom. The van der Waals surface area contributed by atoms with E-state index in [-0.39, 0.29) is 12.3 Å². The number of rotatable bonds is 3. The first-order valence-electron chi connectivity index (χ1n) is 3.89. The predicted octanol–water partition coefficient (Wildman–Crippen LogP) is 0.523. The van der Waals surface area contributed by atoms with Crippen molar-refractivity contribution in [2.24, 2.45) is 4.99 Å². The number of carbonyl (C=O) groups excluding carboxylic acids is 1. The summed E-state index contributed by atoms with van der Waals surface area (Å²) in [5, 5.41) is 1.02. The lowest BCUT2D eigenvalue weighted by Gasteiger charge is -1.98. The summed E-state index contributed by atoms with van der Waals surface area (Å²) < 4.78 is 0. The van der Waals surface area contributed by atoms with Gasteiger partial charge in [0, 0.05) is 0 Å². The van der Waals surface area contributed by atoms with Crippen molar-refractivity contribution in [3.63, 3.8) is 0 Å². The molecule has 0 aromatic carbocycles. The van der Waals surface area contributed by atoms with Crippen molar-refractivity contribution >= 4 is 22.7 Å². The van der Waals surface area contributed by atoms with Crippen molar-refractivity contribution in [3.05, 3.63) is 0 Å². The summed E-state index contributed by atoms with van der Waals surface area (Å²) in [5.74, 6) is 0.0678. The van der Waals surface area contributed by atoms with E-state index in [0.717, 1.165) is 6.42 Å². The summed E-state index contributed by atoms with van der Waals surface area (Å²) in [5.41, 5.74) is 6.90. The van der Waals surface area contributed by atoms with Crippen molar-refractivity contribution in [1.82, 2.24) is 10.9 Å². The molecular weight excluding hydrogens is 174 g/mol. The quantitative estimate of drug-likeness (QED) is 0.699. The topological polar surface area (TPSA) is 55.6 Å². The number of carbonyl (C=O) groups is 1. The van der Waals surface area contributed by atoms with E-state index >= 15 is 0 Å². The maximum Gasteiger partial charge on any atom is 0.198 e. The average Bonchev–Trinajstić information content (AvgIpc) is 2.48. The van der Waals surface area contributed by atoms with Crippen molar-refractivity contribution < 1.29 is 4.79 Å². The van der Waals surface area contributed by atoms with Gasteiger partial charge in [-0.1, -0.05) is 18.7 Å². The first-order chi connectivity index (χ1) is 5.72. The Labute approximate surface area is 76.2 Å². The highest BCUT2D eigenvalue weighted by Crippen LogP contribution is 2.17. The van der Waals surface area contributed by atoms with Crippen LogP contribution < -0.4 is 10.9 Å². The number of Topliss-reactive ketones (excluding diaryl/α,β-unsaturated/α-hetero) is 1. The van der Waals surface area contributed by atoms with E-state index in [2.05, 4.69) is 22.8 Å². The van der Waals surface area contributed by atoms with Gasteiger partial charge in [-0.25, -0.2) is 0 Å². The molecule has 0 saturated carbocycles. The van der Waals surface area contributed by atoms with Crippen LogP contribution in [0.5, 0.6) is 0 Å². The summed E-state index contributed by atoms with van der Waals surface area (Å²) in [6.45, 7) is 3.84. The van der Waals surface area contributed by atoms with Gasteiger partial charge in [-0.05, 0) is 13.3 Å². The Kier molecular flexibility index (Phi) is 3.55. The van der Waals surface area contributed by atoms with Crippen LogP contribution in [0.1, 0.15) is 20.3 Å². The van der Waals surface area contributed by atoms with Crippen molar-refractivity contribution in [3.8, 4) is 0 Å². The lowest BCUT2D eigenvalue weighted by Crippen LogP contribution is -2.24. The number of amidine groups is 1. The molecule has 1 N–H and O–H groups in total. The molecule has 12 heavy (non-hydrogen) atoms. The van der Waals surface area contributed by atoms with E-state index in [9.17, 15) is 4.79 Å². The normalized spacial score (nSPS) is 25.8. The molecule has 0 spiro atoms. The standard InChI is InChI=1S/C7H12N3OS/c1-3-6-9-10-7(12-6)8-4-5(2)11/h6,9H,3-4H2,1-2H3. The number of nitrogens with zero attached hydrogens (tertiary/aromatic N) is 2. The molecule has 5 heteroatoms. The fourth-order valence-electron chi connectivity index (χ4n) is 0.733. The van der Waals surface area contributed by atoms with Crippen LogP contribution in [-0.4, -0.2) is 22.9 Å². The van der Waals surface area contributed by atoms with E-state index in [1.807, 2.05) is 0 Å². The molecule has 0 bridgehead atoms. The first-order valence-corrected chi connectivity index (χ1v) is 4.77. The minimum atomic E-state index is 0.0678. The van der Waals surface area contributed by atoms with E-state index in [1.165, 1.54) is 6.92 Å². The Morgan fingerprint density at radius 3 is 3.08 bits per heavy atom. The molecule has 1 aliphatic heterocycles. The Hall–Kier alpha value is -0.550. The molecule has 0 aromatic heterocycles. The largest absolute Gasteiger partial charge is 0.298 e. The van der Waals surface area contributed by atoms with Gasteiger partial charge in [0.2, 0.25) is 0 Å². The van der Waals surface area contributed by atoms with Gasteiger partial charge in [0.25, 0.3) is 0 Å². The Balaban J connectivity index is 2.35. The van der Waals surface area contributed by atoms with Crippen LogP contribution in [0, 0.1) is 0 Å². The monoisotopic (exact) mass is 186 g/mol.